The summed E-state index contributed by atoms with van der Waals surface area (Å²) in [6, 6.07) is 14.9. The molecule has 0 bridgehead atoms. The Balaban J connectivity index is 1.91. The highest BCUT2D eigenvalue weighted by molar-refractivity contribution is 6.07. The number of benzene rings is 2. The number of hydrogen-bond donors (Lipinski definition) is 1. The first-order chi connectivity index (χ1) is 10.8. The Morgan fingerprint density at radius 3 is 2.41 bits per heavy atom. The number of fused-ring (bicyclic) bond motifs is 2. The number of piperazine rings is 1. The van der Waals surface area contributed by atoms with E-state index in [1.54, 1.807) is 12.1 Å². The lowest BCUT2D eigenvalue weighted by atomic mass is 10.1. The van der Waals surface area contributed by atoms with Crippen molar-refractivity contribution in [3.8, 4) is 0 Å². The number of halogens is 1. The maximum atomic E-state index is 14.9. The predicted octanol–water partition coefficient (Wildman–Crippen LogP) is 3.01. The zero-order valence-corrected chi connectivity index (χ0v) is 12.2. The summed E-state index contributed by atoms with van der Waals surface area (Å²) < 4.78 is 14.9. The zero-order chi connectivity index (χ0) is 14.9. The molecule has 1 N–H and O–H groups in total. The molecule has 4 nitrogen and oxygen atoms in total. The van der Waals surface area contributed by atoms with Crippen LogP contribution in [-0.2, 0) is 0 Å². The Labute approximate surface area is 128 Å². The van der Waals surface area contributed by atoms with Gasteiger partial charge in [0.15, 0.2) is 0 Å². The number of para-hydroxylation sites is 3. The summed E-state index contributed by atoms with van der Waals surface area (Å²) in [5.74, 6) is 0.852. The molecule has 2 aromatic rings. The highest BCUT2D eigenvalue weighted by atomic mass is 19.2. The highest BCUT2D eigenvalue weighted by Gasteiger charge is 2.26. The fourth-order valence-electron chi connectivity index (χ4n) is 2.98. The van der Waals surface area contributed by atoms with E-state index < -0.39 is 0 Å². The first-order valence-electron chi connectivity index (χ1n) is 7.53. The van der Waals surface area contributed by atoms with Crippen molar-refractivity contribution in [3.05, 3.63) is 54.1 Å². The summed E-state index contributed by atoms with van der Waals surface area (Å²) >= 11 is 0. The van der Waals surface area contributed by atoms with Crippen LogP contribution >= 0.6 is 0 Å². The van der Waals surface area contributed by atoms with Crippen LogP contribution in [0.1, 0.15) is 5.56 Å². The van der Waals surface area contributed by atoms with Gasteiger partial charge in [-0.3, -0.25) is 0 Å². The quantitative estimate of drug-likeness (QED) is 0.758. The molecule has 0 amide bonds. The molecular formula is C17H17FN4. The van der Waals surface area contributed by atoms with Gasteiger partial charge in [-0.25, -0.2) is 4.99 Å². The highest BCUT2D eigenvalue weighted by Crippen LogP contribution is 2.39. The molecule has 2 aliphatic rings. The lowest BCUT2D eigenvalue weighted by Crippen LogP contribution is -2.46. The van der Waals surface area contributed by atoms with Gasteiger partial charge in [0.1, 0.15) is 11.5 Å². The third-order valence-corrected chi connectivity index (χ3v) is 4.09. The molecule has 0 saturated carbocycles. The van der Waals surface area contributed by atoms with Crippen LogP contribution in [-0.4, -0.2) is 36.9 Å². The second-order valence-corrected chi connectivity index (χ2v) is 5.46. The van der Waals surface area contributed by atoms with Gasteiger partial charge in [0.2, 0.25) is 0 Å². The molecule has 2 heterocycles. The molecule has 22 heavy (non-hydrogen) atoms. The van der Waals surface area contributed by atoms with Crippen LogP contribution in [0.3, 0.4) is 0 Å². The molecule has 0 spiro atoms. The van der Waals surface area contributed by atoms with Crippen molar-refractivity contribution >= 4 is 22.9 Å². The Hall–Kier alpha value is -2.40. The summed E-state index contributed by atoms with van der Waals surface area (Å²) in [6.45, 7) is 3.59. The maximum Gasteiger partial charge on any atom is 0.138 e. The lowest BCUT2D eigenvalue weighted by Gasteiger charge is -2.30. The summed E-state index contributed by atoms with van der Waals surface area (Å²) in [5, 5.41) is 4.08. The Morgan fingerprint density at radius 1 is 0.909 bits per heavy atom. The van der Waals surface area contributed by atoms with Crippen molar-refractivity contribution in [1.29, 1.82) is 0 Å². The minimum atomic E-state index is 0.486. The molecule has 2 aliphatic heterocycles. The third kappa shape index (κ3) is 2.14. The van der Waals surface area contributed by atoms with Gasteiger partial charge in [-0.05, 0) is 24.3 Å². The zero-order valence-electron chi connectivity index (χ0n) is 12.2. The molecule has 0 aliphatic carbocycles. The van der Waals surface area contributed by atoms with Crippen LogP contribution in [0.2, 0.25) is 0 Å². The van der Waals surface area contributed by atoms with Crippen LogP contribution in [0.4, 0.5) is 21.5 Å². The minimum absolute atomic E-state index is 0.486. The van der Waals surface area contributed by atoms with Gasteiger partial charge in [0.25, 0.3) is 0 Å². The van der Waals surface area contributed by atoms with Crippen LogP contribution in [0.15, 0.2) is 53.5 Å². The summed E-state index contributed by atoms with van der Waals surface area (Å²) in [7, 11) is 0. The monoisotopic (exact) mass is 296 g/mol. The van der Waals surface area contributed by atoms with Crippen LogP contribution in [0.5, 0.6) is 0 Å². The standard InChI is InChI=1S/C17H17FN4/c18-22-15-7-3-1-5-13(15)17(21-11-9-19-10-12-21)20-14-6-2-4-8-16(14)22/h1-8,19H,9-12H2. The van der Waals surface area contributed by atoms with E-state index in [0.717, 1.165) is 42.7 Å². The second-order valence-electron chi connectivity index (χ2n) is 5.46. The molecular weight excluding hydrogens is 279 g/mol. The molecule has 2 aromatic carbocycles. The molecule has 4 rings (SSSR count). The molecule has 0 radical (unpaired) electrons. The number of nitrogens with one attached hydrogen (secondary N) is 1. The third-order valence-electron chi connectivity index (χ3n) is 4.09. The Bertz CT molecular complexity index is 722. The second kappa shape index (κ2) is 5.42. The molecule has 1 saturated heterocycles. The SMILES string of the molecule is FN1c2ccccc2N=C(N2CCNCC2)c2ccccc21. The summed E-state index contributed by atoms with van der Waals surface area (Å²) in [4.78, 5) is 7.02. The summed E-state index contributed by atoms with van der Waals surface area (Å²) in [5.41, 5.74) is 2.53. The van der Waals surface area contributed by atoms with E-state index in [-0.39, 0.29) is 0 Å². The van der Waals surface area contributed by atoms with Gasteiger partial charge in [-0.2, -0.15) is 5.12 Å². The van der Waals surface area contributed by atoms with Crippen LogP contribution in [0.25, 0.3) is 0 Å². The number of anilines is 2. The van der Waals surface area contributed by atoms with Crippen molar-refractivity contribution in [1.82, 2.24) is 10.2 Å². The topological polar surface area (TPSA) is 30.9 Å². The largest absolute Gasteiger partial charge is 0.353 e. The minimum Gasteiger partial charge on any atom is -0.353 e. The van der Waals surface area contributed by atoms with Crippen molar-refractivity contribution in [2.24, 2.45) is 4.99 Å². The smallest absolute Gasteiger partial charge is 0.138 e. The van der Waals surface area contributed by atoms with E-state index in [1.807, 2.05) is 36.4 Å². The maximum absolute atomic E-state index is 14.9. The average Bonchev–Trinajstić information content (AvgIpc) is 2.72. The van der Waals surface area contributed by atoms with E-state index in [1.165, 1.54) is 0 Å². The molecule has 5 heteroatoms. The Kier molecular flexibility index (Phi) is 3.27. The van der Waals surface area contributed by atoms with Gasteiger partial charge in [0.05, 0.1) is 11.4 Å². The number of nitrogens with zero attached hydrogens (tertiary/aromatic N) is 3. The van der Waals surface area contributed by atoms with Crippen molar-refractivity contribution in [3.63, 3.8) is 0 Å². The van der Waals surface area contributed by atoms with Gasteiger partial charge in [-0.15, -0.1) is 0 Å². The first-order valence-corrected chi connectivity index (χ1v) is 7.53. The van der Waals surface area contributed by atoms with E-state index in [0.29, 0.717) is 17.1 Å². The predicted molar refractivity (Wildman–Crippen MR) is 86.8 cm³/mol. The van der Waals surface area contributed by atoms with Crippen LogP contribution < -0.4 is 10.4 Å². The van der Waals surface area contributed by atoms with Gasteiger partial charge in [0, 0.05) is 31.7 Å². The summed E-state index contributed by atoms with van der Waals surface area (Å²) in [6.07, 6.45) is 0. The van der Waals surface area contributed by atoms with Gasteiger partial charge < -0.3 is 10.2 Å². The van der Waals surface area contributed by atoms with Gasteiger partial charge >= 0.3 is 0 Å². The fraction of sp³-hybridized carbons (Fsp3) is 0.235. The van der Waals surface area contributed by atoms with Gasteiger partial charge in [-0.1, -0.05) is 28.7 Å². The first kappa shape index (κ1) is 13.3. The van der Waals surface area contributed by atoms with E-state index >= 15 is 0 Å². The normalized spacial score (nSPS) is 17.4. The Morgan fingerprint density at radius 2 is 1.59 bits per heavy atom. The van der Waals surface area contributed by atoms with E-state index in [9.17, 15) is 4.48 Å². The van der Waals surface area contributed by atoms with Crippen molar-refractivity contribution in [2.75, 3.05) is 31.3 Å². The molecule has 1 fully saturated rings. The van der Waals surface area contributed by atoms with Crippen LogP contribution in [0, 0.1) is 0 Å². The number of rotatable bonds is 0. The molecule has 112 valence electrons. The number of aliphatic imine (C=N–C) groups is 1. The molecule has 0 aromatic heterocycles. The van der Waals surface area contributed by atoms with E-state index in [4.69, 9.17) is 4.99 Å². The van der Waals surface area contributed by atoms with Crippen molar-refractivity contribution < 1.29 is 4.48 Å². The lowest BCUT2D eigenvalue weighted by molar-refractivity contribution is 0.358. The average molecular weight is 296 g/mol. The van der Waals surface area contributed by atoms with E-state index in [2.05, 4.69) is 10.2 Å². The number of hydrogen-bond acceptors (Lipinski definition) is 4. The fourth-order valence-corrected chi connectivity index (χ4v) is 2.98. The molecule has 0 unspecified atom stereocenters. The number of amidine groups is 1. The molecule has 0 atom stereocenters. The van der Waals surface area contributed by atoms with Crippen molar-refractivity contribution in [2.45, 2.75) is 0 Å².